The lowest BCUT2D eigenvalue weighted by atomic mass is 9.69. The molecule has 168 valence electrons. The van der Waals surface area contributed by atoms with Crippen LogP contribution < -0.4 is 16.2 Å². The number of benzene rings is 2. The third-order valence-electron chi connectivity index (χ3n) is 7.85. The van der Waals surface area contributed by atoms with Crippen molar-refractivity contribution in [2.75, 3.05) is 18.1 Å². The van der Waals surface area contributed by atoms with E-state index in [1.807, 2.05) is 12.1 Å². The van der Waals surface area contributed by atoms with Crippen molar-refractivity contribution in [3.05, 3.63) is 53.6 Å². The second-order valence-electron chi connectivity index (χ2n) is 10.2. The predicted molar refractivity (Wildman–Crippen MR) is 131 cm³/mol. The number of ether oxygens (including phenoxy) is 1. The van der Waals surface area contributed by atoms with Crippen molar-refractivity contribution in [3.8, 4) is 5.75 Å². The number of nitrogens with two attached hydrogens (primary N) is 2. The number of hydrogen-bond donors (Lipinski definition) is 2. The van der Waals surface area contributed by atoms with Gasteiger partial charge < -0.3 is 16.2 Å². The quantitative estimate of drug-likeness (QED) is 0.493. The average molecular weight is 421 g/mol. The van der Waals surface area contributed by atoms with Crippen LogP contribution in [0.3, 0.4) is 0 Å². The van der Waals surface area contributed by atoms with Gasteiger partial charge in [-0.3, -0.25) is 0 Å². The molecule has 0 atom stereocenters. The second kappa shape index (κ2) is 10.4. The van der Waals surface area contributed by atoms with Crippen LogP contribution >= 0.6 is 0 Å². The van der Waals surface area contributed by atoms with Gasteiger partial charge >= 0.3 is 0 Å². The second-order valence-corrected chi connectivity index (χ2v) is 10.2. The van der Waals surface area contributed by atoms with E-state index in [1.165, 1.54) is 68.9 Å². The smallest absolute Gasteiger partial charge is 0.142 e. The van der Waals surface area contributed by atoms with Crippen molar-refractivity contribution < 1.29 is 4.74 Å². The van der Waals surface area contributed by atoms with Crippen molar-refractivity contribution in [3.63, 3.8) is 0 Å². The van der Waals surface area contributed by atoms with Crippen molar-refractivity contribution in [2.45, 2.75) is 71.1 Å². The number of nitrogen functional groups attached to an aromatic ring is 2. The van der Waals surface area contributed by atoms with Crippen LogP contribution in [0.5, 0.6) is 5.75 Å². The number of anilines is 2. The van der Waals surface area contributed by atoms with Crippen LogP contribution in [0.25, 0.3) is 0 Å². The summed E-state index contributed by atoms with van der Waals surface area (Å²) in [6.07, 6.45) is 13.8. The maximum Gasteiger partial charge on any atom is 0.142 e. The van der Waals surface area contributed by atoms with Gasteiger partial charge in [0.25, 0.3) is 0 Å². The standard InChI is InChI=1S/C28H40N2O/c1-20-2-10-24(11-3-20)25-12-8-23(9-13-25)18-22-6-4-21(5-7-22)16-17-31-28-15-14-26(29)19-27(28)30/h4-7,14-15,19-20,23-25H,2-3,8-13,16-18,29-30H2,1H3. The van der Waals surface area contributed by atoms with Gasteiger partial charge in [0.15, 0.2) is 0 Å². The van der Waals surface area contributed by atoms with Crippen LogP contribution in [-0.2, 0) is 12.8 Å². The Morgan fingerprint density at radius 2 is 1.39 bits per heavy atom. The highest BCUT2D eigenvalue weighted by Gasteiger charge is 2.29. The molecule has 2 aliphatic rings. The Hall–Kier alpha value is -2.16. The minimum absolute atomic E-state index is 0.600. The van der Waals surface area contributed by atoms with E-state index in [0.717, 1.165) is 30.1 Å². The zero-order valence-corrected chi connectivity index (χ0v) is 19.2. The van der Waals surface area contributed by atoms with Crippen molar-refractivity contribution in [1.29, 1.82) is 0 Å². The fourth-order valence-electron chi connectivity index (χ4n) is 5.77. The molecule has 4 rings (SSSR count). The van der Waals surface area contributed by atoms with E-state index in [9.17, 15) is 0 Å². The van der Waals surface area contributed by atoms with E-state index in [1.54, 1.807) is 6.07 Å². The highest BCUT2D eigenvalue weighted by molar-refractivity contribution is 5.60. The molecule has 0 heterocycles. The van der Waals surface area contributed by atoms with E-state index in [4.69, 9.17) is 16.2 Å². The molecule has 2 aliphatic carbocycles. The molecule has 0 bridgehead atoms. The minimum Gasteiger partial charge on any atom is -0.491 e. The lowest BCUT2D eigenvalue weighted by Gasteiger charge is -2.37. The normalized spacial score (nSPS) is 26.5. The lowest BCUT2D eigenvalue weighted by molar-refractivity contribution is 0.150. The van der Waals surface area contributed by atoms with Crippen molar-refractivity contribution in [2.24, 2.45) is 23.7 Å². The summed E-state index contributed by atoms with van der Waals surface area (Å²) in [5.41, 5.74) is 15.8. The van der Waals surface area contributed by atoms with Crippen LogP contribution in [0.4, 0.5) is 11.4 Å². The number of rotatable bonds is 7. The monoisotopic (exact) mass is 420 g/mol. The topological polar surface area (TPSA) is 61.3 Å². The maximum absolute atomic E-state index is 5.96. The van der Waals surface area contributed by atoms with Gasteiger partial charge in [-0.05, 0) is 97.9 Å². The first-order valence-electron chi connectivity index (χ1n) is 12.4. The van der Waals surface area contributed by atoms with Gasteiger partial charge in [-0.15, -0.1) is 0 Å². The molecule has 4 N–H and O–H groups in total. The molecule has 31 heavy (non-hydrogen) atoms. The molecule has 0 spiro atoms. The first-order chi connectivity index (χ1) is 15.1. The molecule has 0 aliphatic heterocycles. The van der Waals surface area contributed by atoms with Gasteiger partial charge in [0, 0.05) is 12.1 Å². The van der Waals surface area contributed by atoms with E-state index in [2.05, 4.69) is 31.2 Å². The van der Waals surface area contributed by atoms with Gasteiger partial charge in [0.05, 0.1) is 12.3 Å². The first-order valence-corrected chi connectivity index (χ1v) is 12.4. The third kappa shape index (κ3) is 6.18. The Balaban J connectivity index is 1.18. The number of hydrogen-bond acceptors (Lipinski definition) is 3. The predicted octanol–water partition coefficient (Wildman–Crippen LogP) is 6.65. The van der Waals surface area contributed by atoms with Gasteiger partial charge in [0.2, 0.25) is 0 Å². The zero-order chi connectivity index (χ0) is 21.6. The molecule has 2 aromatic rings. The van der Waals surface area contributed by atoms with Gasteiger partial charge in [-0.25, -0.2) is 0 Å². The first kappa shape index (κ1) is 22.0. The largest absolute Gasteiger partial charge is 0.491 e. The molecule has 3 nitrogen and oxygen atoms in total. The van der Waals surface area contributed by atoms with E-state index in [-0.39, 0.29) is 0 Å². The zero-order valence-electron chi connectivity index (χ0n) is 19.2. The molecular weight excluding hydrogens is 380 g/mol. The van der Waals surface area contributed by atoms with Crippen LogP contribution in [-0.4, -0.2) is 6.61 Å². The van der Waals surface area contributed by atoms with E-state index in [0.29, 0.717) is 23.7 Å². The summed E-state index contributed by atoms with van der Waals surface area (Å²) in [6.45, 7) is 3.05. The highest BCUT2D eigenvalue weighted by atomic mass is 16.5. The van der Waals surface area contributed by atoms with Gasteiger partial charge in [0.1, 0.15) is 5.75 Å². The Morgan fingerprint density at radius 3 is 2.03 bits per heavy atom. The average Bonchev–Trinajstić information content (AvgIpc) is 2.78. The molecule has 3 heteroatoms. The minimum atomic E-state index is 0.600. The summed E-state index contributed by atoms with van der Waals surface area (Å²) in [5, 5.41) is 0. The maximum atomic E-state index is 5.96. The summed E-state index contributed by atoms with van der Waals surface area (Å²) in [4.78, 5) is 0. The molecule has 2 fully saturated rings. The fraction of sp³-hybridized carbons (Fsp3) is 0.571. The van der Waals surface area contributed by atoms with Crippen LogP contribution in [0.15, 0.2) is 42.5 Å². The van der Waals surface area contributed by atoms with Crippen LogP contribution in [0, 0.1) is 23.7 Å². The summed E-state index contributed by atoms with van der Waals surface area (Å²) >= 11 is 0. The summed E-state index contributed by atoms with van der Waals surface area (Å²) in [5.74, 6) is 4.60. The highest BCUT2D eigenvalue weighted by Crippen LogP contribution is 2.41. The Labute approximate surface area is 188 Å². The molecule has 0 amide bonds. The molecule has 2 saturated carbocycles. The Kier molecular flexibility index (Phi) is 7.42. The molecule has 0 radical (unpaired) electrons. The lowest BCUT2D eigenvalue weighted by Crippen LogP contribution is -2.25. The van der Waals surface area contributed by atoms with Gasteiger partial charge in [-0.1, -0.05) is 44.0 Å². The molecule has 0 saturated heterocycles. The van der Waals surface area contributed by atoms with Gasteiger partial charge in [-0.2, -0.15) is 0 Å². The van der Waals surface area contributed by atoms with Crippen LogP contribution in [0.2, 0.25) is 0 Å². The molecule has 2 aromatic carbocycles. The van der Waals surface area contributed by atoms with E-state index >= 15 is 0 Å². The summed E-state index contributed by atoms with van der Waals surface area (Å²) in [6, 6.07) is 14.6. The molecule has 0 aromatic heterocycles. The Morgan fingerprint density at radius 1 is 0.774 bits per heavy atom. The fourth-order valence-corrected chi connectivity index (χ4v) is 5.77. The molecular formula is C28H40N2O. The third-order valence-corrected chi connectivity index (χ3v) is 7.85. The summed E-state index contributed by atoms with van der Waals surface area (Å²) < 4.78 is 5.83. The van der Waals surface area contributed by atoms with Crippen molar-refractivity contribution in [1.82, 2.24) is 0 Å². The SMILES string of the molecule is CC1CCC(C2CCC(Cc3ccc(CCOc4ccc(N)cc4N)cc3)CC2)CC1. The van der Waals surface area contributed by atoms with E-state index < -0.39 is 0 Å². The van der Waals surface area contributed by atoms with Crippen LogP contribution in [0.1, 0.15) is 69.4 Å². The Bertz CT molecular complexity index is 815. The van der Waals surface area contributed by atoms with Crippen molar-refractivity contribution >= 4 is 11.4 Å². The molecule has 0 unspecified atom stereocenters. The summed E-state index contributed by atoms with van der Waals surface area (Å²) in [7, 11) is 0.